The van der Waals surface area contributed by atoms with Crippen molar-refractivity contribution in [3.63, 3.8) is 0 Å². The van der Waals surface area contributed by atoms with Gasteiger partial charge in [0.25, 0.3) is 0 Å². The van der Waals surface area contributed by atoms with Crippen LogP contribution in [0.25, 0.3) is 0 Å². The van der Waals surface area contributed by atoms with Gasteiger partial charge in [-0.2, -0.15) is 0 Å². The first-order valence-corrected chi connectivity index (χ1v) is 24.5. The molecule has 3 heterocycles. The molecule has 5 aliphatic carbocycles. The third-order valence-electron chi connectivity index (χ3n) is 19.5. The first-order chi connectivity index (χ1) is 31.9. The average molecular weight is 973 g/mol. The number of ether oxygens (including phenoxy) is 7. The number of allylic oxidation sites excluding steroid dienone is 2. The van der Waals surface area contributed by atoms with E-state index in [0.29, 0.717) is 51.4 Å². The van der Waals surface area contributed by atoms with Gasteiger partial charge in [0.2, 0.25) is 6.29 Å². The maximum Gasteiger partial charge on any atom is 0.315 e. The molecule has 0 amide bonds. The van der Waals surface area contributed by atoms with Gasteiger partial charge in [0.15, 0.2) is 12.6 Å². The van der Waals surface area contributed by atoms with E-state index in [-0.39, 0.29) is 48.3 Å². The zero-order valence-corrected chi connectivity index (χ0v) is 40.0. The number of fused-ring (bicyclic) bond motifs is 7. The molecule has 4 saturated carbocycles. The molecule has 8 aliphatic rings. The monoisotopic (exact) mass is 972 g/mol. The topological polar surface area (TPSA) is 321 Å². The first kappa shape index (κ1) is 52.4. The highest BCUT2D eigenvalue weighted by molar-refractivity contribution is 5.81. The molecule has 8 rings (SSSR count). The molecule has 7 fully saturated rings. The van der Waals surface area contributed by atoms with Crippen LogP contribution in [0.15, 0.2) is 11.6 Å². The number of hydrogen-bond donors (Lipinski definition) is 11. The Balaban J connectivity index is 1.04. The smallest absolute Gasteiger partial charge is 0.315 e. The van der Waals surface area contributed by atoms with Crippen LogP contribution in [-0.4, -0.2) is 194 Å². The average Bonchev–Trinajstić information content (AvgIpc) is 3.31. The van der Waals surface area contributed by atoms with E-state index in [1.165, 1.54) is 7.11 Å². The number of esters is 2. The molecule has 20 heteroatoms. The van der Waals surface area contributed by atoms with Crippen LogP contribution in [0.1, 0.15) is 98.8 Å². The second-order valence-corrected chi connectivity index (χ2v) is 22.8. The SMILES string of the molecule is COC(=O)[C@@]1(C)CC[C@]2(C(=O)O[C@@H]3O[C@H](CO)[C@@H](O)[C@H](O)[C@H]3O)CC[C@]3(C)C(=CC[C@@H]4[C@@]5(C)CC[C@H](O[C@@H]6O[C@H](CO[C@@H]7OC[C@@H](O)[C@H](O)[C@H]7O)[C@@H](O)[C@H](O)[C@H]6O)[C@@](C)(CO)[C@@H]5CC[C@]43C)[C@@H]2C1. The Morgan fingerprint density at radius 1 is 0.691 bits per heavy atom. The van der Waals surface area contributed by atoms with Gasteiger partial charge in [0, 0.05) is 5.41 Å². The Morgan fingerprint density at radius 2 is 1.32 bits per heavy atom. The summed E-state index contributed by atoms with van der Waals surface area (Å²) in [5.74, 6) is -1.51. The fourth-order valence-corrected chi connectivity index (χ4v) is 14.9. The highest BCUT2D eigenvalue weighted by Crippen LogP contribution is 2.76. The highest BCUT2D eigenvalue weighted by atomic mass is 16.7. The maximum atomic E-state index is 14.8. The van der Waals surface area contributed by atoms with Crippen molar-refractivity contribution >= 4 is 11.9 Å². The van der Waals surface area contributed by atoms with Crippen molar-refractivity contribution in [2.45, 2.75) is 191 Å². The molecule has 24 atom stereocenters. The van der Waals surface area contributed by atoms with Crippen LogP contribution < -0.4 is 0 Å². The molecule has 68 heavy (non-hydrogen) atoms. The summed E-state index contributed by atoms with van der Waals surface area (Å²) >= 11 is 0. The molecule has 0 aromatic rings. The zero-order valence-electron chi connectivity index (χ0n) is 40.0. The van der Waals surface area contributed by atoms with Crippen molar-refractivity contribution < 1.29 is 98.9 Å². The predicted octanol–water partition coefficient (Wildman–Crippen LogP) is -1.09. The van der Waals surface area contributed by atoms with Crippen molar-refractivity contribution in [1.29, 1.82) is 0 Å². The van der Waals surface area contributed by atoms with Crippen molar-refractivity contribution in [1.82, 2.24) is 0 Å². The van der Waals surface area contributed by atoms with Crippen molar-refractivity contribution in [2.24, 2.45) is 50.2 Å². The Kier molecular flexibility index (Phi) is 14.5. The van der Waals surface area contributed by atoms with Crippen LogP contribution in [0.2, 0.25) is 0 Å². The third kappa shape index (κ3) is 8.03. The van der Waals surface area contributed by atoms with Gasteiger partial charge in [-0.15, -0.1) is 0 Å². The number of methoxy groups -OCH3 is 1. The quantitative estimate of drug-likeness (QED) is 0.0704. The fraction of sp³-hybridized carbons (Fsp3) is 0.917. The molecule has 3 aliphatic heterocycles. The van der Waals surface area contributed by atoms with Gasteiger partial charge < -0.3 is 89.3 Å². The first-order valence-electron chi connectivity index (χ1n) is 24.5. The van der Waals surface area contributed by atoms with Crippen LogP contribution in [0.4, 0.5) is 0 Å². The highest BCUT2D eigenvalue weighted by Gasteiger charge is 2.71. The summed E-state index contributed by atoms with van der Waals surface area (Å²) in [5, 5.41) is 116. The van der Waals surface area contributed by atoms with E-state index >= 15 is 0 Å². The van der Waals surface area contributed by atoms with E-state index in [2.05, 4.69) is 26.8 Å². The van der Waals surface area contributed by atoms with Gasteiger partial charge in [0.05, 0.1) is 50.5 Å². The fourth-order valence-electron chi connectivity index (χ4n) is 14.9. The van der Waals surface area contributed by atoms with Crippen molar-refractivity contribution in [3.8, 4) is 0 Å². The molecule has 20 nitrogen and oxygen atoms in total. The number of carbonyl (C=O) groups excluding carboxylic acids is 2. The number of hydrogen-bond acceptors (Lipinski definition) is 20. The Morgan fingerprint density at radius 3 is 1.99 bits per heavy atom. The van der Waals surface area contributed by atoms with E-state index in [9.17, 15) is 65.8 Å². The van der Waals surface area contributed by atoms with Crippen molar-refractivity contribution in [2.75, 3.05) is 33.5 Å². The lowest BCUT2D eigenvalue weighted by molar-refractivity contribution is -0.343. The van der Waals surface area contributed by atoms with E-state index in [1.807, 2.05) is 13.8 Å². The molecule has 0 bridgehead atoms. The largest absolute Gasteiger partial charge is 0.469 e. The summed E-state index contributed by atoms with van der Waals surface area (Å²) in [6.07, 6.45) is -14.9. The Labute approximate surface area is 396 Å². The van der Waals surface area contributed by atoms with Gasteiger partial charge in [-0.05, 0) is 105 Å². The molecule has 0 radical (unpaired) electrons. The Bertz CT molecular complexity index is 1890. The van der Waals surface area contributed by atoms with Crippen molar-refractivity contribution in [3.05, 3.63) is 11.6 Å². The summed E-state index contributed by atoms with van der Waals surface area (Å²) in [7, 11) is 1.35. The van der Waals surface area contributed by atoms with E-state index < -0.39 is 139 Å². The van der Waals surface area contributed by atoms with E-state index in [0.717, 1.165) is 12.0 Å². The second-order valence-electron chi connectivity index (χ2n) is 22.8. The van der Waals surface area contributed by atoms with E-state index in [4.69, 9.17) is 33.2 Å². The molecule has 0 aromatic carbocycles. The lowest BCUT2D eigenvalue weighted by atomic mass is 9.33. The van der Waals surface area contributed by atoms with Gasteiger partial charge >= 0.3 is 11.9 Å². The number of rotatable bonds is 10. The number of carbonyl (C=O) groups is 2. The molecule has 388 valence electrons. The molecule has 3 saturated heterocycles. The molecule has 0 unspecified atom stereocenters. The molecule has 0 spiro atoms. The zero-order chi connectivity index (χ0) is 49.7. The second kappa shape index (κ2) is 18.8. The van der Waals surface area contributed by atoms with Crippen LogP contribution >= 0.6 is 0 Å². The number of aliphatic hydroxyl groups is 11. The van der Waals surface area contributed by atoms with Crippen LogP contribution in [0.5, 0.6) is 0 Å². The summed E-state index contributed by atoms with van der Waals surface area (Å²) in [4.78, 5) is 28.3. The minimum absolute atomic E-state index is 0.0884. The lowest BCUT2D eigenvalue weighted by Crippen LogP contribution is -2.67. The van der Waals surface area contributed by atoms with Gasteiger partial charge in [0.1, 0.15) is 67.1 Å². The van der Waals surface area contributed by atoms with Crippen LogP contribution in [-0.2, 0) is 42.7 Å². The molecular weight excluding hydrogens is 897 g/mol. The van der Waals surface area contributed by atoms with Gasteiger partial charge in [-0.1, -0.05) is 39.3 Å². The van der Waals surface area contributed by atoms with Gasteiger partial charge in [-0.3, -0.25) is 9.59 Å². The minimum Gasteiger partial charge on any atom is -0.469 e. The summed E-state index contributed by atoms with van der Waals surface area (Å²) < 4.78 is 40.4. The number of aliphatic hydroxyl groups excluding tert-OH is 11. The third-order valence-corrected chi connectivity index (χ3v) is 19.5. The van der Waals surface area contributed by atoms with Gasteiger partial charge in [-0.25, -0.2) is 0 Å². The molecular formula is C48H76O20. The Hall–Kier alpha value is -1.96. The van der Waals surface area contributed by atoms with Crippen LogP contribution in [0.3, 0.4) is 0 Å². The van der Waals surface area contributed by atoms with E-state index in [1.54, 1.807) is 0 Å². The molecule has 11 N–H and O–H groups in total. The standard InChI is InChI=1S/C48H76O20/c1-43(41(60)62-6)13-15-48(42(61)68-40-37(59)33(55)31(53)25(18-49)65-40)16-14-46(4)22(23(48)17-43)7-8-28-44(2)11-10-29(45(3,21-50)27(44)9-12-47(28,46)5)67-39-36(58)34(56)32(54)26(66-39)20-64-38-35(57)30(52)24(51)19-63-38/h7,23-40,49-59H,8-21H2,1-6H3/t23-,24+,25+,26+,27+,28+,29-,30-,31+,32+,33-,34-,35+,36+,37+,38-,39-,40-,43-,44-,45-,46+,47+,48-/m0/s1. The normalized spacial score (nSPS) is 53.7. The minimum atomic E-state index is -1.78. The summed E-state index contributed by atoms with van der Waals surface area (Å²) in [5.41, 5.74) is -3.02. The summed E-state index contributed by atoms with van der Waals surface area (Å²) in [6, 6.07) is 0. The maximum absolute atomic E-state index is 14.8. The van der Waals surface area contributed by atoms with Crippen LogP contribution in [0, 0.1) is 50.2 Å². The lowest BCUT2D eigenvalue weighted by Gasteiger charge is -2.71. The predicted molar refractivity (Wildman–Crippen MR) is 232 cm³/mol. The summed E-state index contributed by atoms with van der Waals surface area (Å²) in [6.45, 7) is 9.01. The molecule has 0 aromatic heterocycles.